The normalized spacial score (nSPS) is 22.7. The largest absolute Gasteiger partial charge is 0.335 e. The summed E-state index contributed by atoms with van der Waals surface area (Å²) in [5.74, 6) is 0.457. The van der Waals surface area contributed by atoms with Gasteiger partial charge in [-0.2, -0.15) is 0 Å². The second-order valence-corrected chi connectivity index (χ2v) is 10.2. The van der Waals surface area contributed by atoms with Crippen molar-refractivity contribution in [2.45, 2.75) is 70.1 Å². The van der Waals surface area contributed by atoms with Crippen molar-refractivity contribution in [3.05, 3.63) is 0 Å². The third kappa shape index (κ3) is 4.47. The highest BCUT2D eigenvalue weighted by atomic mass is 32.2. The average Bonchev–Trinajstić information content (AvgIpc) is 2.47. The molecular weight excluding hydrogens is 312 g/mol. The maximum absolute atomic E-state index is 12.0. The highest BCUT2D eigenvalue weighted by Crippen LogP contribution is 2.36. The van der Waals surface area contributed by atoms with Gasteiger partial charge in [0.1, 0.15) is 0 Å². The van der Waals surface area contributed by atoms with Gasteiger partial charge in [0.05, 0.1) is 16.5 Å². The molecule has 2 fully saturated rings. The van der Waals surface area contributed by atoms with E-state index in [9.17, 15) is 13.2 Å². The van der Waals surface area contributed by atoms with E-state index in [0.717, 1.165) is 39.0 Å². The van der Waals surface area contributed by atoms with Gasteiger partial charge in [-0.3, -0.25) is 9.69 Å². The molecule has 2 aliphatic rings. The van der Waals surface area contributed by atoms with Gasteiger partial charge in [0, 0.05) is 26.6 Å². The summed E-state index contributed by atoms with van der Waals surface area (Å²) in [5, 5.41) is -0.290. The fourth-order valence-electron chi connectivity index (χ4n) is 4.10. The lowest BCUT2D eigenvalue weighted by Crippen LogP contribution is -2.64. The Bertz CT molecular complexity index is 510. The summed E-state index contributed by atoms with van der Waals surface area (Å²) >= 11 is 0. The molecule has 1 saturated heterocycles. The Morgan fingerprint density at radius 3 is 2.35 bits per heavy atom. The van der Waals surface area contributed by atoms with Crippen LogP contribution in [0.4, 0.5) is 0 Å². The molecule has 134 valence electrons. The Balaban J connectivity index is 1.94. The zero-order valence-corrected chi connectivity index (χ0v) is 15.7. The van der Waals surface area contributed by atoms with E-state index in [4.69, 9.17) is 0 Å². The molecule has 0 N–H and O–H groups in total. The minimum absolute atomic E-state index is 0.000738. The van der Waals surface area contributed by atoms with Crippen LogP contribution >= 0.6 is 0 Å². The summed E-state index contributed by atoms with van der Waals surface area (Å²) in [6, 6.07) is 0. The highest BCUT2D eigenvalue weighted by Gasteiger charge is 2.43. The molecule has 6 heteroatoms. The molecular formula is C17H32N2O3S. The van der Waals surface area contributed by atoms with E-state index in [1.54, 1.807) is 20.8 Å². The van der Waals surface area contributed by atoms with Crippen LogP contribution in [0.1, 0.15) is 59.3 Å². The molecule has 1 aliphatic carbocycles. The average molecular weight is 345 g/mol. The minimum atomic E-state index is -2.95. The molecule has 1 spiro atoms. The van der Waals surface area contributed by atoms with E-state index in [0.29, 0.717) is 6.42 Å². The Kier molecular flexibility index (Phi) is 6.11. The van der Waals surface area contributed by atoms with Crippen LogP contribution in [0, 0.1) is 0 Å². The zero-order valence-electron chi connectivity index (χ0n) is 14.9. The van der Waals surface area contributed by atoms with Crippen molar-refractivity contribution in [1.29, 1.82) is 0 Å². The second kappa shape index (κ2) is 7.51. The maximum atomic E-state index is 12.0. The number of sulfone groups is 1. The van der Waals surface area contributed by atoms with Crippen LogP contribution in [0.2, 0.25) is 0 Å². The lowest BCUT2D eigenvalue weighted by molar-refractivity contribution is -0.142. The molecule has 1 amide bonds. The molecule has 1 heterocycles. The van der Waals surface area contributed by atoms with Crippen LogP contribution < -0.4 is 0 Å². The molecule has 5 nitrogen and oxygen atoms in total. The SMILES string of the molecule is CC(=O)N1CCN(CCCS(=O)(=O)C(C)C)CC12CCCCC2. The first-order valence-corrected chi connectivity index (χ1v) is 10.7. The number of carbonyl (C=O) groups excluding carboxylic acids is 1. The first kappa shape index (κ1) is 18.7. The Hall–Kier alpha value is -0.620. The monoisotopic (exact) mass is 344 g/mol. The van der Waals surface area contributed by atoms with Gasteiger partial charge in [0.25, 0.3) is 0 Å². The van der Waals surface area contributed by atoms with Crippen molar-refractivity contribution in [2.24, 2.45) is 0 Å². The molecule has 2 rings (SSSR count). The van der Waals surface area contributed by atoms with Crippen molar-refractivity contribution < 1.29 is 13.2 Å². The lowest BCUT2D eigenvalue weighted by atomic mass is 9.78. The zero-order chi connectivity index (χ0) is 17.1. The number of nitrogens with zero attached hydrogens (tertiary/aromatic N) is 2. The Morgan fingerprint density at radius 1 is 1.13 bits per heavy atom. The lowest BCUT2D eigenvalue weighted by Gasteiger charge is -2.52. The van der Waals surface area contributed by atoms with Gasteiger partial charge in [-0.05, 0) is 39.7 Å². The summed E-state index contributed by atoms with van der Waals surface area (Å²) in [4.78, 5) is 16.5. The van der Waals surface area contributed by atoms with E-state index < -0.39 is 9.84 Å². The number of amides is 1. The van der Waals surface area contributed by atoms with Gasteiger partial charge >= 0.3 is 0 Å². The topological polar surface area (TPSA) is 57.7 Å². The summed E-state index contributed by atoms with van der Waals surface area (Å²) < 4.78 is 23.9. The van der Waals surface area contributed by atoms with Crippen LogP contribution in [0.15, 0.2) is 0 Å². The van der Waals surface area contributed by atoms with Crippen LogP contribution in [-0.2, 0) is 14.6 Å². The van der Waals surface area contributed by atoms with Crippen molar-refractivity contribution in [1.82, 2.24) is 9.80 Å². The molecule has 0 atom stereocenters. The van der Waals surface area contributed by atoms with Crippen LogP contribution in [0.3, 0.4) is 0 Å². The molecule has 0 aromatic carbocycles. The van der Waals surface area contributed by atoms with Crippen molar-refractivity contribution in [2.75, 3.05) is 31.9 Å². The van der Waals surface area contributed by atoms with Gasteiger partial charge in [-0.1, -0.05) is 19.3 Å². The summed E-state index contributed by atoms with van der Waals surface area (Å²) in [6.45, 7) is 8.56. The Labute approximate surface area is 141 Å². The standard InChI is InChI=1S/C17H32N2O3S/c1-15(2)23(21,22)13-7-10-18-11-12-19(16(3)20)17(14-18)8-5-4-6-9-17/h15H,4-14H2,1-3H3. The summed E-state index contributed by atoms with van der Waals surface area (Å²) in [5.41, 5.74) is -0.000738. The minimum Gasteiger partial charge on any atom is -0.335 e. The number of piperazine rings is 1. The first-order chi connectivity index (χ1) is 10.8. The number of hydrogen-bond donors (Lipinski definition) is 0. The third-order valence-corrected chi connectivity index (χ3v) is 7.81. The quantitative estimate of drug-likeness (QED) is 0.766. The fourth-order valence-corrected chi connectivity index (χ4v) is 5.11. The summed E-state index contributed by atoms with van der Waals surface area (Å²) in [7, 11) is -2.95. The van der Waals surface area contributed by atoms with Gasteiger partial charge in [-0.25, -0.2) is 8.42 Å². The van der Waals surface area contributed by atoms with Crippen molar-refractivity contribution >= 4 is 15.7 Å². The molecule has 0 radical (unpaired) electrons. The van der Waals surface area contributed by atoms with Gasteiger partial charge in [0.2, 0.25) is 5.91 Å². The predicted octanol–water partition coefficient (Wildman–Crippen LogP) is 2.07. The molecule has 0 unspecified atom stereocenters. The van der Waals surface area contributed by atoms with Crippen LogP contribution in [0.25, 0.3) is 0 Å². The van der Waals surface area contributed by atoms with Crippen molar-refractivity contribution in [3.8, 4) is 0 Å². The van der Waals surface area contributed by atoms with Gasteiger partial charge in [0.15, 0.2) is 9.84 Å². The first-order valence-electron chi connectivity index (χ1n) is 8.99. The molecule has 0 aromatic heterocycles. The molecule has 1 aliphatic heterocycles. The Morgan fingerprint density at radius 2 is 1.78 bits per heavy atom. The van der Waals surface area contributed by atoms with E-state index in [1.807, 2.05) is 0 Å². The van der Waals surface area contributed by atoms with Crippen LogP contribution in [0.5, 0.6) is 0 Å². The highest BCUT2D eigenvalue weighted by molar-refractivity contribution is 7.91. The second-order valence-electron chi connectivity index (χ2n) is 7.50. The smallest absolute Gasteiger partial charge is 0.219 e. The van der Waals surface area contributed by atoms with Crippen molar-refractivity contribution in [3.63, 3.8) is 0 Å². The molecule has 0 aromatic rings. The fraction of sp³-hybridized carbons (Fsp3) is 0.941. The summed E-state index contributed by atoms with van der Waals surface area (Å²) in [6.07, 6.45) is 6.52. The predicted molar refractivity (Wildman–Crippen MR) is 93.2 cm³/mol. The maximum Gasteiger partial charge on any atom is 0.219 e. The molecule has 1 saturated carbocycles. The van der Waals surface area contributed by atoms with Crippen LogP contribution in [-0.4, -0.2) is 66.8 Å². The van der Waals surface area contributed by atoms with Gasteiger partial charge in [-0.15, -0.1) is 0 Å². The van der Waals surface area contributed by atoms with E-state index in [1.165, 1.54) is 19.3 Å². The number of hydrogen-bond acceptors (Lipinski definition) is 4. The van der Waals surface area contributed by atoms with E-state index >= 15 is 0 Å². The third-order valence-electron chi connectivity index (χ3n) is 5.52. The number of rotatable bonds is 5. The molecule has 0 bridgehead atoms. The van der Waals surface area contributed by atoms with E-state index in [-0.39, 0.29) is 22.4 Å². The van der Waals surface area contributed by atoms with E-state index in [2.05, 4.69) is 9.80 Å². The number of carbonyl (C=O) groups is 1. The molecule has 23 heavy (non-hydrogen) atoms. The van der Waals surface area contributed by atoms with Gasteiger partial charge < -0.3 is 4.90 Å².